The summed E-state index contributed by atoms with van der Waals surface area (Å²) in [5.74, 6) is 1.47. The minimum Gasteiger partial charge on any atom is -0.493 e. The van der Waals surface area contributed by atoms with Gasteiger partial charge >= 0.3 is 0 Å². The van der Waals surface area contributed by atoms with E-state index in [-0.39, 0.29) is 0 Å². The summed E-state index contributed by atoms with van der Waals surface area (Å²) in [7, 11) is 1.67. The standard InChI is InChI=1S/C24H29N3O2/c1-4-12-27-13-11-21-20(15-27)24(26-25-21)19-9-10-22(28-3)23(14-19)29-16-18-7-5-17(2)6-8-18/h5-10,14H,4,11-13,15-16H2,1-3H3,(H,25,26). The second kappa shape index (κ2) is 8.70. The highest BCUT2D eigenvalue weighted by atomic mass is 16.5. The van der Waals surface area contributed by atoms with Gasteiger partial charge in [0.25, 0.3) is 0 Å². The van der Waals surface area contributed by atoms with E-state index in [4.69, 9.17) is 9.47 Å². The van der Waals surface area contributed by atoms with Crippen LogP contribution in [0.4, 0.5) is 0 Å². The molecule has 0 spiro atoms. The summed E-state index contributed by atoms with van der Waals surface area (Å²) in [4.78, 5) is 2.50. The largest absolute Gasteiger partial charge is 0.493 e. The van der Waals surface area contributed by atoms with Gasteiger partial charge in [-0.05, 0) is 43.7 Å². The Bertz CT molecular complexity index is 963. The highest BCUT2D eigenvalue weighted by Gasteiger charge is 2.23. The van der Waals surface area contributed by atoms with Crippen LogP contribution in [-0.2, 0) is 19.6 Å². The van der Waals surface area contributed by atoms with E-state index in [9.17, 15) is 0 Å². The van der Waals surface area contributed by atoms with Gasteiger partial charge in [-0.25, -0.2) is 0 Å². The van der Waals surface area contributed by atoms with E-state index in [1.54, 1.807) is 7.11 Å². The summed E-state index contributed by atoms with van der Waals surface area (Å²) in [6.45, 7) is 7.98. The molecule has 3 aromatic rings. The van der Waals surface area contributed by atoms with Crippen molar-refractivity contribution in [1.29, 1.82) is 0 Å². The molecule has 0 saturated heterocycles. The monoisotopic (exact) mass is 391 g/mol. The highest BCUT2D eigenvalue weighted by molar-refractivity contribution is 5.68. The van der Waals surface area contributed by atoms with Crippen molar-refractivity contribution in [2.45, 2.75) is 39.8 Å². The van der Waals surface area contributed by atoms with Crippen molar-refractivity contribution < 1.29 is 9.47 Å². The van der Waals surface area contributed by atoms with Gasteiger partial charge in [-0.3, -0.25) is 10.00 Å². The summed E-state index contributed by atoms with van der Waals surface area (Å²) in [6.07, 6.45) is 2.19. The molecule has 0 amide bonds. The molecule has 1 aliphatic heterocycles. The molecule has 0 radical (unpaired) electrons. The molecule has 4 rings (SSSR count). The van der Waals surface area contributed by atoms with Gasteiger partial charge in [-0.2, -0.15) is 5.10 Å². The third-order valence-corrected chi connectivity index (χ3v) is 5.50. The van der Waals surface area contributed by atoms with Gasteiger partial charge in [0, 0.05) is 36.3 Å². The maximum absolute atomic E-state index is 6.12. The quantitative estimate of drug-likeness (QED) is 0.632. The normalized spacial score (nSPS) is 13.9. The molecule has 0 fully saturated rings. The van der Waals surface area contributed by atoms with E-state index in [0.29, 0.717) is 6.61 Å². The van der Waals surface area contributed by atoms with Crippen LogP contribution >= 0.6 is 0 Å². The van der Waals surface area contributed by atoms with Crippen molar-refractivity contribution in [2.75, 3.05) is 20.2 Å². The molecule has 2 aromatic carbocycles. The molecule has 1 aliphatic rings. The second-order valence-corrected chi connectivity index (χ2v) is 7.70. The minimum atomic E-state index is 0.503. The molecular formula is C24H29N3O2. The van der Waals surface area contributed by atoms with Gasteiger partial charge in [0.1, 0.15) is 6.61 Å². The summed E-state index contributed by atoms with van der Waals surface area (Å²) in [5, 5.41) is 7.89. The molecule has 2 heterocycles. The van der Waals surface area contributed by atoms with Gasteiger partial charge in [-0.15, -0.1) is 0 Å². The summed E-state index contributed by atoms with van der Waals surface area (Å²) < 4.78 is 11.6. The van der Waals surface area contributed by atoms with Gasteiger partial charge in [0.15, 0.2) is 11.5 Å². The van der Waals surface area contributed by atoms with Crippen LogP contribution in [0.3, 0.4) is 0 Å². The Morgan fingerprint density at radius 3 is 2.69 bits per heavy atom. The summed E-state index contributed by atoms with van der Waals surface area (Å²) in [6, 6.07) is 14.5. The molecule has 152 valence electrons. The predicted molar refractivity (Wildman–Crippen MR) is 115 cm³/mol. The number of aryl methyl sites for hydroxylation is 1. The second-order valence-electron chi connectivity index (χ2n) is 7.70. The van der Waals surface area contributed by atoms with Gasteiger partial charge in [0.2, 0.25) is 0 Å². The zero-order chi connectivity index (χ0) is 20.2. The van der Waals surface area contributed by atoms with Crippen LogP contribution in [0.25, 0.3) is 11.3 Å². The van der Waals surface area contributed by atoms with Crippen LogP contribution in [0.1, 0.15) is 35.7 Å². The number of nitrogens with one attached hydrogen (secondary N) is 1. The number of methoxy groups -OCH3 is 1. The lowest BCUT2D eigenvalue weighted by Gasteiger charge is -2.26. The molecule has 0 unspecified atom stereocenters. The molecule has 0 aliphatic carbocycles. The Labute approximate surface area is 172 Å². The van der Waals surface area contributed by atoms with Crippen LogP contribution in [-0.4, -0.2) is 35.3 Å². The zero-order valence-electron chi connectivity index (χ0n) is 17.5. The third-order valence-electron chi connectivity index (χ3n) is 5.50. The third kappa shape index (κ3) is 4.30. The number of H-pyrrole nitrogens is 1. The minimum absolute atomic E-state index is 0.503. The number of benzene rings is 2. The number of ether oxygens (including phenoxy) is 2. The lowest BCUT2D eigenvalue weighted by molar-refractivity contribution is 0.254. The zero-order valence-corrected chi connectivity index (χ0v) is 17.5. The fraction of sp³-hybridized carbons (Fsp3) is 0.375. The molecule has 29 heavy (non-hydrogen) atoms. The topological polar surface area (TPSA) is 50.4 Å². The number of aromatic nitrogens is 2. The van der Waals surface area contributed by atoms with E-state index in [1.165, 1.54) is 23.2 Å². The molecule has 5 heteroatoms. The molecule has 0 saturated carbocycles. The smallest absolute Gasteiger partial charge is 0.162 e. The number of aromatic amines is 1. The number of fused-ring (bicyclic) bond motifs is 1. The number of hydrogen-bond donors (Lipinski definition) is 1. The van der Waals surface area contributed by atoms with Crippen molar-refractivity contribution in [1.82, 2.24) is 15.1 Å². The van der Waals surface area contributed by atoms with E-state index in [0.717, 1.165) is 54.4 Å². The van der Waals surface area contributed by atoms with Crippen LogP contribution in [0.15, 0.2) is 42.5 Å². The van der Waals surface area contributed by atoms with Gasteiger partial charge < -0.3 is 9.47 Å². The molecule has 0 bridgehead atoms. The number of rotatable bonds is 7. The first-order valence-corrected chi connectivity index (χ1v) is 10.3. The van der Waals surface area contributed by atoms with Crippen molar-refractivity contribution in [3.63, 3.8) is 0 Å². The highest BCUT2D eigenvalue weighted by Crippen LogP contribution is 2.35. The predicted octanol–water partition coefficient (Wildman–Crippen LogP) is 4.74. The number of nitrogens with zero attached hydrogens (tertiary/aromatic N) is 2. The molecule has 0 atom stereocenters. The van der Waals surface area contributed by atoms with Crippen LogP contribution < -0.4 is 9.47 Å². The van der Waals surface area contributed by atoms with Crippen molar-refractivity contribution >= 4 is 0 Å². The van der Waals surface area contributed by atoms with Crippen LogP contribution in [0, 0.1) is 6.92 Å². The lowest BCUT2D eigenvalue weighted by atomic mass is 10.0. The SMILES string of the molecule is CCCN1CCc2[nH]nc(-c3ccc(OC)c(OCc4ccc(C)cc4)c3)c2C1. The maximum Gasteiger partial charge on any atom is 0.162 e. The van der Waals surface area contributed by atoms with Crippen molar-refractivity contribution in [2.24, 2.45) is 0 Å². The lowest BCUT2D eigenvalue weighted by Crippen LogP contribution is -2.31. The molecule has 5 nitrogen and oxygen atoms in total. The first-order valence-electron chi connectivity index (χ1n) is 10.3. The van der Waals surface area contributed by atoms with Crippen molar-refractivity contribution in [3.8, 4) is 22.8 Å². The van der Waals surface area contributed by atoms with Crippen LogP contribution in [0.2, 0.25) is 0 Å². The first kappa shape index (κ1) is 19.5. The van der Waals surface area contributed by atoms with E-state index in [1.807, 2.05) is 12.1 Å². The maximum atomic E-state index is 6.12. The van der Waals surface area contributed by atoms with E-state index >= 15 is 0 Å². The fourth-order valence-corrected chi connectivity index (χ4v) is 3.88. The molecular weight excluding hydrogens is 362 g/mol. The Balaban J connectivity index is 1.59. The Morgan fingerprint density at radius 2 is 1.93 bits per heavy atom. The van der Waals surface area contributed by atoms with Gasteiger partial charge in [0.05, 0.1) is 12.8 Å². The summed E-state index contributed by atoms with van der Waals surface area (Å²) in [5.41, 5.74) is 7.01. The van der Waals surface area contributed by atoms with Crippen LogP contribution in [0.5, 0.6) is 11.5 Å². The number of hydrogen-bond acceptors (Lipinski definition) is 4. The van der Waals surface area contributed by atoms with E-state index < -0.39 is 0 Å². The average molecular weight is 392 g/mol. The Hall–Kier alpha value is -2.79. The fourth-order valence-electron chi connectivity index (χ4n) is 3.88. The molecule has 1 N–H and O–H groups in total. The Kier molecular flexibility index (Phi) is 5.86. The average Bonchev–Trinajstić information content (AvgIpc) is 3.16. The summed E-state index contributed by atoms with van der Waals surface area (Å²) >= 11 is 0. The molecule has 1 aromatic heterocycles. The first-order chi connectivity index (χ1) is 14.2. The Morgan fingerprint density at radius 1 is 1.10 bits per heavy atom. The van der Waals surface area contributed by atoms with Gasteiger partial charge in [-0.1, -0.05) is 36.8 Å². The van der Waals surface area contributed by atoms with Crippen molar-refractivity contribution in [3.05, 3.63) is 64.8 Å². The van der Waals surface area contributed by atoms with E-state index in [2.05, 4.69) is 59.3 Å².